The van der Waals surface area contributed by atoms with Crippen LogP contribution in [0.2, 0.25) is 0 Å². The smallest absolute Gasteiger partial charge is 0.338 e. The van der Waals surface area contributed by atoms with Gasteiger partial charge in [0.15, 0.2) is 0 Å². The molecule has 0 bridgehead atoms. The second-order valence-corrected chi connectivity index (χ2v) is 12.1. The normalized spacial score (nSPS) is 19.1. The van der Waals surface area contributed by atoms with Gasteiger partial charge < -0.3 is 15.2 Å². The maximum Gasteiger partial charge on any atom is 0.338 e. The standard InChI is InChI=1S/C31H25N3O7S2/c1-2-41-30(39)18-8-12-20(13-9-18)34-27(37)24-23(17-6-4-3-5-7-17)26-29(42-25(24)28(34)38)33(31(40)43-26)16-22(36)32-19-10-14-21(35)15-11-19/h3-15,23-25,35H,2,16H2,1H3,(H,32,36). The first-order valence-electron chi connectivity index (χ1n) is 13.5. The average Bonchev–Trinajstić information content (AvgIpc) is 3.45. The highest BCUT2D eigenvalue weighted by Crippen LogP contribution is 2.53. The van der Waals surface area contributed by atoms with Gasteiger partial charge in [0.2, 0.25) is 17.7 Å². The number of rotatable bonds is 7. The highest BCUT2D eigenvalue weighted by molar-refractivity contribution is 8.00. The fraction of sp³-hybridized carbons (Fsp3) is 0.194. The van der Waals surface area contributed by atoms with Gasteiger partial charge in [0, 0.05) is 16.5 Å². The van der Waals surface area contributed by atoms with Gasteiger partial charge in [0.25, 0.3) is 0 Å². The van der Waals surface area contributed by atoms with Crippen molar-refractivity contribution in [1.82, 2.24) is 4.57 Å². The monoisotopic (exact) mass is 615 g/mol. The summed E-state index contributed by atoms with van der Waals surface area (Å²) in [5.74, 6) is -3.10. The number of imide groups is 1. The van der Waals surface area contributed by atoms with Gasteiger partial charge in [-0.2, -0.15) is 0 Å². The lowest BCUT2D eigenvalue weighted by atomic mass is 9.83. The number of hydrogen-bond acceptors (Lipinski definition) is 9. The summed E-state index contributed by atoms with van der Waals surface area (Å²) in [6, 6.07) is 21.3. The van der Waals surface area contributed by atoms with E-state index < -0.39 is 40.8 Å². The van der Waals surface area contributed by atoms with Crippen LogP contribution in [0.15, 0.2) is 88.7 Å². The zero-order chi connectivity index (χ0) is 30.2. The summed E-state index contributed by atoms with van der Waals surface area (Å²) in [4.78, 5) is 67.6. The molecule has 0 radical (unpaired) electrons. The summed E-state index contributed by atoms with van der Waals surface area (Å²) in [5, 5.41) is 11.9. The molecular formula is C31H25N3O7S2. The number of thioether (sulfide) groups is 1. The first-order valence-corrected chi connectivity index (χ1v) is 15.2. The molecule has 12 heteroatoms. The minimum atomic E-state index is -0.838. The molecule has 10 nitrogen and oxygen atoms in total. The fourth-order valence-electron chi connectivity index (χ4n) is 5.38. The molecule has 3 amide bonds. The lowest BCUT2D eigenvalue weighted by molar-refractivity contribution is -0.122. The van der Waals surface area contributed by atoms with Crippen molar-refractivity contribution >= 4 is 58.2 Å². The predicted molar refractivity (Wildman–Crippen MR) is 162 cm³/mol. The minimum absolute atomic E-state index is 0.0544. The Labute approximate surface area is 253 Å². The van der Waals surface area contributed by atoms with Crippen molar-refractivity contribution in [2.75, 3.05) is 16.8 Å². The average molecular weight is 616 g/mol. The molecule has 1 saturated heterocycles. The fourth-order valence-corrected chi connectivity index (χ4v) is 8.15. The molecule has 3 heterocycles. The van der Waals surface area contributed by atoms with E-state index in [9.17, 15) is 29.1 Å². The third-order valence-corrected chi connectivity index (χ3v) is 9.90. The van der Waals surface area contributed by atoms with Crippen molar-refractivity contribution in [3.8, 4) is 5.75 Å². The topological polar surface area (TPSA) is 135 Å². The van der Waals surface area contributed by atoms with Crippen molar-refractivity contribution in [2.45, 2.75) is 29.7 Å². The summed E-state index contributed by atoms with van der Waals surface area (Å²) in [7, 11) is 0. The Hall–Kier alpha value is -4.68. The van der Waals surface area contributed by atoms with E-state index in [1.54, 1.807) is 31.2 Å². The molecule has 2 N–H and O–H groups in total. The van der Waals surface area contributed by atoms with Crippen molar-refractivity contribution in [1.29, 1.82) is 0 Å². The number of hydrogen-bond donors (Lipinski definition) is 2. The van der Waals surface area contributed by atoms with Crippen LogP contribution in [0.25, 0.3) is 0 Å². The lowest BCUT2D eigenvalue weighted by Crippen LogP contribution is -2.33. The number of phenols is 1. The van der Waals surface area contributed by atoms with E-state index in [0.29, 0.717) is 26.8 Å². The number of amides is 3. The summed E-state index contributed by atoms with van der Waals surface area (Å²) in [6.07, 6.45) is 0. The van der Waals surface area contributed by atoms with Gasteiger partial charge in [-0.25, -0.2) is 9.69 Å². The van der Waals surface area contributed by atoms with E-state index in [4.69, 9.17) is 4.74 Å². The van der Waals surface area contributed by atoms with Gasteiger partial charge in [-0.05, 0) is 61.0 Å². The first-order chi connectivity index (χ1) is 20.8. The molecule has 3 atom stereocenters. The zero-order valence-electron chi connectivity index (χ0n) is 22.8. The maximum atomic E-state index is 14.0. The highest BCUT2D eigenvalue weighted by atomic mass is 32.2. The molecule has 1 aromatic heterocycles. The Morgan fingerprint density at radius 2 is 1.63 bits per heavy atom. The van der Waals surface area contributed by atoms with Gasteiger partial charge in [-0.3, -0.25) is 23.7 Å². The van der Waals surface area contributed by atoms with Crippen LogP contribution >= 0.6 is 23.1 Å². The lowest BCUT2D eigenvalue weighted by Gasteiger charge is -2.30. The summed E-state index contributed by atoms with van der Waals surface area (Å²) in [5.41, 5.74) is 1.87. The number of benzene rings is 3. The second-order valence-electron chi connectivity index (χ2n) is 9.95. The number of thiazole rings is 1. The number of carbonyl (C=O) groups is 4. The van der Waals surface area contributed by atoms with Crippen LogP contribution in [0.4, 0.5) is 11.4 Å². The van der Waals surface area contributed by atoms with Crippen molar-refractivity contribution < 1.29 is 29.0 Å². The zero-order valence-corrected chi connectivity index (χ0v) is 24.4. The van der Waals surface area contributed by atoms with E-state index in [-0.39, 0.29) is 23.8 Å². The van der Waals surface area contributed by atoms with E-state index in [1.165, 1.54) is 28.8 Å². The SMILES string of the molecule is CCOC(=O)c1ccc(N2C(=O)C3Sc4c(sc(=O)n4CC(=O)Nc4ccc(O)cc4)C(c4ccccc4)C3C2=O)cc1. The van der Waals surface area contributed by atoms with Crippen molar-refractivity contribution in [3.63, 3.8) is 0 Å². The quantitative estimate of drug-likeness (QED) is 0.179. The second kappa shape index (κ2) is 11.5. The molecule has 4 aromatic rings. The molecule has 218 valence electrons. The van der Waals surface area contributed by atoms with Gasteiger partial charge in [0.1, 0.15) is 17.5 Å². The Morgan fingerprint density at radius 1 is 0.930 bits per heavy atom. The van der Waals surface area contributed by atoms with Crippen molar-refractivity contribution in [2.24, 2.45) is 5.92 Å². The van der Waals surface area contributed by atoms with Gasteiger partial charge in [-0.15, -0.1) is 0 Å². The Balaban J connectivity index is 1.35. The van der Waals surface area contributed by atoms with Crippen LogP contribution in [0.1, 0.15) is 33.6 Å². The number of nitrogens with zero attached hydrogens (tertiary/aromatic N) is 2. The number of carbonyl (C=O) groups excluding carboxylic acids is 4. The first kappa shape index (κ1) is 28.4. The molecule has 6 rings (SSSR count). The molecule has 3 aromatic carbocycles. The van der Waals surface area contributed by atoms with E-state index >= 15 is 0 Å². The third kappa shape index (κ3) is 5.23. The molecule has 0 aliphatic carbocycles. The Kier molecular flexibility index (Phi) is 7.63. The van der Waals surface area contributed by atoms with E-state index in [1.807, 2.05) is 30.3 Å². The summed E-state index contributed by atoms with van der Waals surface area (Å²) >= 11 is 2.09. The predicted octanol–water partition coefficient (Wildman–Crippen LogP) is 4.23. The van der Waals surface area contributed by atoms with E-state index in [2.05, 4.69) is 5.32 Å². The number of fused-ring (bicyclic) bond motifs is 2. The van der Waals surface area contributed by atoms with Crippen LogP contribution in [-0.4, -0.2) is 45.2 Å². The largest absolute Gasteiger partial charge is 0.508 e. The van der Waals surface area contributed by atoms with Crippen molar-refractivity contribution in [3.05, 3.63) is 105 Å². The highest BCUT2D eigenvalue weighted by Gasteiger charge is 2.56. The molecule has 2 aliphatic rings. The third-order valence-electron chi connectivity index (χ3n) is 7.30. The van der Waals surface area contributed by atoms with Gasteiger partial charge in [-0.1, -0.05) is 53.4 Å². The van der Waals surface area contributed by atoms with Crippen LogP contribution in [-0.2, 0) is 25.7 Å². The van der Waals surface area contributed by atoms with Crippen LogP contribution in [0.3, 0.4) is 0 Å². The maximum absolute atomic E-state index is 14.0. The molecular weight excluding hydrogens is 590 g/mol. The number of phenolic OH excluding ortho intramolecular Hbond substituents is 1. The number of aromatic nitrogens is 1. The molecule has 3 unspecified atom stereocenters. The number of aromatic hydroxyl groups is 1. The molecule has 1 fully saturated rings. The number of ether oxygens (including phenoxy) is 1. The minimum Gasteiger partial charge on any atom is -0.508 e. The number of nitrogens with one attached hydrogen (secondary N) is 1. The van der Waals surface area contributed by atoms with E-state index in [0.717, 1.165) is 33.6 Å². The van der Waals surface area contributed by atoms with Crippen LogP contribution in [0.5, 0.6) is 5.75 Å². The summed E-state index contributed by atoms with van der Waals surface area (Å²) in [6.45, 7) is 1.63. The van der Waals surface area contributed by atoms with Crippen LogP contribution < -0.4 is 15.1 Å². The molecule has 0 spiro atoms. The molecule has 2 aliphatic heterocycles. The molecule has 0 saturated carbocycles. The van der Waals surface area contributed by atoms with Crippen LogP contribution in [0, 0.1) is 5.92 Å². The summed E-state index contributed by atoms with van der Waals surface area (Å²) < 4.78 is 6.38. The van der Waals surface area contributed by atoms with Gasteiger partial charge >= 0.3 is 10.8 Å². The molecule has 43 heavy (non-hydrogen) atoms. The van der Waals surface area contributed by atoms with Gasteiger partial charge in [0.05, 0.1) is 28.8 Å². The number of anilines is 2. The Bertz CT molecular complexity index is 1780. The number of esters is 1. The Morgan fingerprint density at radius 3 is 2.30 bits per heavy atom.